The summed E-state index contributed by atoms with van der Waals surface area (Å²) in [5, 5.41) is 12.5. The summed E-state index contributed by atoms with van der Waals surface area (Å²) < 4.78 is 0. The highest BCUT2D eigenvalue weighted by Crippen LogP contribution is 2.26. The highest BCUT2D eigenvalue weighted by Gasteiger charge is 2.28. The van der Waals surface area contributed by atoms with Crippen molar-refractivity contribution < 1.29 is 9.90 Å². The molecule has 0 aromatic heterocycles. The molecule has 1 aliphatic rings. The summed E-state index contributed by atoms with van der Waals surface area (Å²) in [5.41, 5.74) is 6.56. The van der Waals surface area contributed by atoms with Crippen molar-refractivity contribution in [2.24, 2.45) is 5.92 Å². The van der Waals surface area contributed by atoms with Gasteiger partial charge in [-0.25, -0.2) is 0 Å². The fraction of sp³-hybridized carbons (Fsp3) is 0.462. The van der Waals surface area contributed by atoms with E-state index in [1.54, 1.807) is 18.2 Å². The molecule has 1 saturated carbocycles. The SMILES string of the molecule is Nc1ccc(C(=O)NC2CCCC2CO)cc1Cl. The van der Waals surface area contributed by atoms with E-state index in [0.717, 1.165) is 19.3 Å². The van der Waals surface area contributed by atoms with Crippen molar-refractivity contribution in [3.8, 4) is 0 Å². The highest BCUT2D eigenvalue weighted by molar-refractivity contribution is 6.33. The van der Waals surface area contributed by atoms with Gasteiger partial charge in [0.2, 0.25) is 0 Å². The number of hydrogen-bond acceptors (Lipinski definition) is 3. The Kier molecular flexibility index (Phi) is 4.09. The van der Waals surface area contributed by atoms with Crippen molar-refractivity contribution >= 4 is 23.2 Å². The Hall–Kier alpha value is -1.26. The lowest BCUT2D eigenvalue weighted by molar-refractivity contribution is 0.0916. The van der Waals surface area contributed by atoms with Gasteiger partial charge in [-0.15, -0.1) is 0 Å². The molecule has 18 heavy (non-hydrogen) atoms. The third-order valence-electron chi connectivity index (χ3n) is 3.47. The molecule has 4 N–H and O–H groups in total. The second kappa shape index (κ2) is 5.59. The predicted octanol–water partition coefficient (Wildman–Crippen LogP) is 1.81. The van der Waals surface area contributed by atoms with Gasteiger partial charge in [0.15, 0.2) is 0 Å². The van der Waals surface area contributed by atoms with Crippen molar-refractivity contribution in [3.63, 3.8) is 0 Å². The maximum absolute atomic E-state index is 12.0. The summed E-state index contributed by atoms with van der Waals surface area (Å²) in [6.07, 6.45) is 2.92. The van der Waals surface area contributed by atoms with Gasteiger partial charge in [-0.2, -0.15) is 0 Å². The third kappa shape index (κ3) is 2.76. The molecule has 4 nitrogen and oxygen atoms in total. The Morgan fingerprint density at radius 3 is 2.94 bits per heavy atom. The Morgan fingerprint density at radius 2 is 2.28 bits per heavy atom. The Bertz CT molecular complexity index is 451. The largest absolute Gasteiger partial charge is 0.398 e. The summed E-state index contributed by atoms with van der Waals surface area (Å²) >= 11 is 5.89. The van der Waals surface area contributed by atoms with Gasteiger partial charge in [-0.3, -0.25) is 4.79 Å². The summed E-state index contributed by atoms with van der Waals surface area (Å²) in [6, 6.07) is 4.89. The van der Waals surface area contributed by atoms with Crippen molar-refractivity contribution in [1.82, 2.24) is 5.32 Å². The molecule has 1 aromatic carbocycles. The van der Waals surface area contributed by atoms with E-state index in [2.05, 4.69) is 5.32 Å². The number of aliphatic hydroxyl groups is 1. The van der Waals surface area contributed by atoms with Crippen LogP contribution in [0.15, 0.2) is 18.2 Å². The molecule has 2 atom stereocenters. The van der Waals surface area contributed by atoms with Crippen LogP contribution in [0.3, 0.4) is 0 Å². The van der Waals surface area contributed by atoms with Crippen LogP contribution in [0.2, 0.25) is 5.02 Å². The van der Waals surface area contributed by atoms with E-state index in [4.69, 9.17) is 17.3 Å². The number of amides is 1. The van der Waals surface area contributed by atoms with E-state index in [-0.39, 0.29) is 24.5 Å². The van der Waals surface area contributed by atoms with Crippen LogP contribution in [0.1, 0.15) is 29.6 Å². The number of hydrogen-bond donors (Lipinski definition) is 3. The van der Waals surface area contributed by atoms with Gasteiger partial charge in [0.25, 0.3) is 5.91 Å². The van der Waals surface area contributed by atoms with E-state index in [1.807, 2.05) is 0 Å². The molecule has 0 radical (unpaired) electrons. The average Bonchev–Trinajstić information content (AvgIpc) is 2.79. The lowest BCUT2D eigenvalue weighted by Crippen LogP contribution is -2.38. The minimum atomic E-state index is -0.165. The minimum absolute atomic E-state index is 0.0545. The van der Waals surface area contributed by atoms with Gasteiger partial charge in [0.1, 0.15) is 0 Å². The van der Waals surface area contributed by atoms with Gasteiger partial charge in [0.05, 0.1) is 10.7 Å². The molecule has 1 aromatic rings. The predicted molar refractivity (Wildman–Crippen MR) is 71.5 cm³/mol. The maximum atomic E-state index is 12.0. The zero-order valence-electron chi connectivity index (χ0n) is 10.0. The zero-order valence-corrected chi connectivity index (χ0v) is 10.8. The van der Waals surface area contributed by atoms with Crippen LogP contribution >= 0.6 is 11.6 Å². The van der Waals surface area contributed by atoms with Crippen LogP contribution in [0.5, 0.6) is 0 Å². The third-order valence-corrected chi connectivity index (χ3v) is 3.80. The molecule has 0 bridgehead atoms. The van der Waals surface area contributed by atoms with E-state index in [0.29, 0.717) is 16.3 Å². The number of nitrogens with one attached hydrogen (secondary N) is 1. The van der Waals surface area contributed by atoms with Crippen molar-refractivity contribution in [2.75, 3.05) is 12.3 Å². The molecule has 0 saturated heterocycles. The number of rotatable bonds is 3. The van der Waals surface area contributed by atoms with Gasteiger partial charge < -0.3 is 16.2 Å². The molecule has 1 amide bonds. The Balaban J connectivity index is 2.05. The molecule has 1 aliphatic carbocycles. The first-order valence-corrected chi connectivity index (χ1v) is 6.46. The zero-order chi connectivity index (χ0) is 13.1. The average molecular weight is 269 g/mol. The summed E-state index contributed by atoms with van der Waals surface area (Å²) in [5.74, 6) is 0.000420. The van der Waals surface area contributed by atoms with E-state index < -0.39 is 0 Å². The van der Waals surface area contributed by atoms with Gasteiger partial charge in [-0.05, 0) is 31.0 Å². The van der Waals surface area contributed by atoms with E-state index in [9.17, 15) is 9.90 Å². The Morgan fingerprint density at radius 1 is 1.50 bits per heavy atom. The topological polar surface area (TPSA) is 75.4 Å². The quantitative estimate of drug-likeness (QED) is 0.732. The standard InChI is InChI=1S/C13H17ClN2O2/c14-10-6-8(4-5-11(10)15)13(18)16-12-3-1-2-9(12)7-17/h4-6,9,12,17H,1-3,7,15H2,(H,16,18). The fourth-order valence-electron chi connectivity index (χ4n) is 2.37. The first-order valence-electron chi connectivity index (χ1n) is 6.08. The summed E-state index contributed by atoms with van der Waals surface area (Å²) in [6.45, 7) is 0.118. The van der Waals surface area contributed by atoms with Crippen LogP contribution in [0, 0.1) is 5.92 Å². The first-order chi connectivity index (χ1) is 8.61. The lowest BCUT2D eigenvalue weighted by Gasteiger charge is -2.19. The van der Waals surface area contributed by atoms with Crippen molar-refractivity contribution in [1.29, 1.82) is 0 Å². The first kappa shape index (κ1) is 13.2. The number of halogens is 1. The van der Waals surface area contributed by atoms with E-state index >= 15 is 0 Å². The second-order valence-corrected chi connectivity index (χ2v) is 5.10. The number of benzene rings is 1. The molecular formula is C13H17ClN2O2. The van der Waals surface area contributed by atoms with Crippen LogP contribution in [-0.2, 0) is 0 Å². The lowest BCUT2D eigenvalue weighted by atomic mass is 10.0. The Labute approximate surface area is 111 Å². The number of nitrogen functional groups attached to an aromatic ring is 1. The number of nitrogens with two attached hydrogens (primary N) is 1. The summed E-state index contributed by atoms with van der Waals surface area (Å²) in [4.78, 5) is 12.0. The van der Waals surface area contributed by atoms with Crippen molar-refractivity contribution in [2.45, 2.75) is 25.3 Å². The van der Waals surface area contributed by atoms with Crippen molar-refractivity contribution in [3.05, 3.63) is 28.8 Å². The van der Waals surface area contributed by atoms with Gasteiger partial charge in [0, 0.05) is 24.1 Å². The fourth-order valence-corrected chi connectivity index (χ4v) is 2.55. The monoisotopic (exact) mass is 268 g/mol. The molecule has 0 aliphatic heterocycles. The summed E-state index contributed by atoms with van der Waals surface area (Å²) in [7, 11) is 0. The number of anilines is 1. The smallest absolute Gasteiger partial charge is 0.251 e. The number of carbonyl (C=O) groups is 1. The number of carbonyl (C=O) groups excluding carboxylic acids is 1. The molecule has 2 rings (SSSR count). The normalized spacial score (nSPS) is 23.0. The molecule has 0 heterocycles. The molecule has 0 spiro atoms. The van der Waals surface area contributed by atoms with Crippen LogP contribution in [0.25, 0.3) is 0 Å². The molecule has 1 fully saturated rings. The maximum Gasteiger partial charge on any atom is 0.251 e. The molecule has 5 heteroatoms. The van der Waals surface area contributed by atoms with Gasteiger partial charge >= 0.3 is 0 Å². The van der Waals surface area contributed by atoms with Crippen LogP contribution in [-0.4, -0.2) is 23.7 Å². The van der Waals surface area contributed by atoms with Gasteiger partial charge in [-0.1, -0.05) is 18.0 Å². The second-order valence-electron chi connectivity index (χ2n) is 4.69. The van der Waals surface area contributed by atoms with Crippen LogP contribution < -0.4 is 11.1 Å². The van der Waals surface area contributed by atoms with Crippen LogP contribution in [0.4, 0.5) is 5.69 Å². The minimum Gasteiger partial charge on any atom is -0.398 e. The number of aliphatic hydroxyl groups excluding tert-OH is 1. The van der Waals surface area contributed by atoms with E-state index in [1.165, 1.54) is 0 Å². The molecule has 2 unspecified atom stereocenters. The highest BCUT2D eigenvalue weighted by atomic mass is 35.5. The molecule has 98 valence electrons. The molecular weight excluding hydrogens is 252 g/mol.